The van der Waals surface area contributed by atoms with Crippen LogP contribution >= 0.6 is 0 Å². The summed E-state index contributed by atoms with van der Waals surface area (Å²) in [6.45, 7) is 5.57. The molecule has 4 heteroatoms. The minimum absolute atomic E-state index is 0.312. The average molecular weight is 219 g/mol. The monoisotopic (exact) mass is 219 g/mol. The Hall–Kier alpha value is -1.60. The Morgan fingerprint density at radius 1 is 1.56 bits per heavy atom. The minimum Gasteiger partial charge on any atom is -0.383 e. The highest BCUT2D eigenvalue weighted by molar-refractivity contribution is 5.56. The van der Waals surface area contributed by atoms with Gasteiger partial charge >= 0.3 is 0 Å². The lowest BCUT2D eigenvalue weighted by Crippen LogP contribution is -2.34. The molecule has 0 saturated carbocycles. The van der Waals surface area contributed by atoms with Crippen molar-refractivity contribution in [2.24, 2.45) is 0 Å². The Morgan fingerprint density at radius 3 is 2.88 bits per heavy atom. The quantitative estimate of drug-likeness (QED) is 0.758. The van der Waals surface area contributed by atoms with Gasteiger partial charge in [0.15, 0.2) is 5.69 Å². The molecule has 0 N–H and O–H groups in total. The summed E-state index contributed by atoms with van der Waals surface area (Å²) in [5.41, 5.74) is 1.34. The smallest absolute Gasteiger partial charge is 0.163 e. The van der Waals surface area contributed by atoms with Crippen LogP contribution in [0.5, 0.6) is 0 Å². The summed E-state index contributed by atoms with van der Waals surface area (Å²) in [5.74, 6) is 0. The molecule has 1 heterocycles. The van der Waals surface area contributed by atoms with Crippen LogP contribution in [0.1, 0.15) is 19.5 Å². The van der Waals surface area contributed by atoms with Gasteiger partial charge in [-0.2, -0.15) is 5.26 Å². The minimum atomic E-state index is 0.312. The van der Waals surface area contributed by atoms with Gasteiger partial charge in [-0.1, -0.05) is 0 Å². The molecule has 0 aliphatic rings. The summed E-state index contributed by atoms with van der Waals surface area (Å²) < 4.78 is 5.07. The Balaban J connectivity index is 2.97. The first kappa shape index (κ1) is 12.5. The molecule has 1 aromatic heterocycles. The molecule has 0 aromatic carbocycles. The Morgan fingerprint density at radius 2 is 2.31 bits per heavy atom. The van der Waals surface area contributed by atoms with E-state index in [4.69, 9.17) is 10.00 Å². The predicted molar refractivity (Wildman–Crippen MR) is 63.3 cm³/mol. The SMILES string of the molecule is COCCN(c1cccnc1C#N)C(C)C. The number of hydrogen-bond donors (Lipinski definition) is 0. The van der Waals surface area contributed by atoms with Gasteiger partial charge in [0, 0.05) is 25.9 Å². The van der Waals surface area contributed by atoms with Crippen LogP contribution in [0.2, 0.25) is 0 Å². The second-order valence-electron chi connectivity index (χ2n) is 3.76. The van der Waals surface area contributed by atoms with E-state index in [1.807, 2.05) is 12.1 Å². The first-order valence-corrected chi connectivity index (χ1v) is 5.31. The van der Waals surface area contributed by atoms with Gasteiger partial charge < -0.3 is 9.64 Å². The molecule has 0 radical (unpaired) electrons. The van der Waals surface area contributed by atoms with E-state index in [2.05, 4.69) is 29.8 Å². The van der Waals surface area contributed by atoms with Gasteiger partial charge in [-0.05, 0) is 26.0 Å². The van der Waals surface area contributed by atoms with E-state index in [9.17, 15) is 0 Å². The van der Waals surface area contributed by atoms with Crippen molar-refractivity contribution in [1.29, 1.82) is 5.26 Å². The molecule has 1 aromatic rings. The van der Waals surface area contributed by atoms with Crippen molar-refractivity contribution in [3.8, 4) is 6.07 Å². The maximum absolute atomic E-state index is 9.00. The third-order valence-corrected chi connectivity index (χ3v) is 2.36. The number of methoxy groups -OCH3 is 1. The maximum atomic E-state index is 9.00. The zero-order valence-corrected chi connectivity index (χ0v) is 9.97. The van der Waals surface area contributed by atoms with Crippen molar-refractivity contribution in [2.75, 3.05) is 25.2 Å². The third-order valence-electron chi connectivity index (χ3n) is 2.36. The fourth-order valence-corrected chi connectivity index (χ4v) is 1.56. The molecule has 0 unspecified atom stereocenters. The van der Waals surface area contributed by atoms with Crippen LogP contribution in [0.4, 0.5) is 5.69 Å². The molecule has 4 nitrogen and oxygen atoms in total. The average Bonchev–Trinajstić information content (AvgIpc) is 2.29. The summed E-state index contributed by atoms with van der Waals surface area (Å²) in [6, 6.07) is 6.19. The molecule has 0 bridgehead atoms. The zero-order chi connectivity index (χ0) is 12.0. The fourth-order valence-electron chi connectivity index (χ4n) is 1.56. The summed E-state index contributed by atoms with van der Waals surface area (Å²) in [7, 11) is 1.67. The van der Waals surface area contributed by atoms with Gasteiger partial charge in [0.05, 0.1) is 12.3 Å². The maximum Gasteiger partial charge on any atom is 0.163 e. The van der Waals surface area contributed by atoms with E-state index in [1.165, 1.54) is 0 Å². The topological polar surface area (TPSA) is 49.1 Å². The number of hydrogen-bond acceptors (Lipinski definition) is 4. The zero-order valence-electron chi connectivity index (χ0n) is 9.97. The number of aromatic nitrogens is 1. The van der Waals surface area contributed by atoms with Crippen LogP contribution in [0.25, 0.3) is 0 Å². The molecule has 0 spiro atoms. The molecule has 0 aliphatic carbocycles. The molecule has 0 fully saturated rings. The van der Waals surface area contributed by atoms with Crippen LogP contribution in [-0.4, -0.2) is 31.3 Å². The summed E-state index contributed by atoms with van der Waals surface area (Å²) in [5, 5.41) is 9.00. The van der Waals surface area contributed by atoms with E-state index in [0.29, 0.717) is 18.3 Å². The van der Waals surface area contributed by atoms with Gasteiger partial charge in [0.2, 0.25) is 0 Å². The van der Waals surface area contributed by atoms with Gasteiger partial charge in [0.1, 0.15) is 6.07 Å². The van der Waals surface area contributed by atoms with Gasteiger partial charge in [-0.3, -0.25) is 0 Å². The van der Waals surface area contributed by atoms with Crippen LogP contribution in [-0.2, 0) is 4.74 Å². The van der Waals surface area contributed by atoms with Gasteiger partial charge in [-0.15, -0.1) is 0 Å². The highest BCUT2D eigenvalue weighted by Gasteiger charge is 2.14. The van der Waals surface area contributed by atoms with Crippen molar-refractivity contribution in [3.05, 3.63) is 24.0 Å². The molecule has 16 heavy (non-hydrogen) atoms. The standard InChI is InChI=1S/C12H17N3O/c1-10(2)15(7-8-16-3)12-5-4-6-14-11(12)9-13/h4-6,10H,7-8H2,1-3H3. The van der Waals surface area contributed by atoms with Crippen molar-refractivity contribution >= 4 is 5.69 Å². The van der Waals surface area contributed by atoms with Crippen LogP contribution in [0, 0.1) is 11.3 Å². The number of pyridine rings is 1. The van der Waals surface area contributed by atoms with E-state index in [0.717, 1.165) is 12.2 Å². The number of rotatable bonds is 5. The Kier molecular flexibility index (Phi) is 4.74. The van der Waals surface area contributed by atoms with Gasteiger partial charge in [-0.25, -0.2) is 4.98 Å². The summed E-state index contributed by atoms with van der Waals surface area (Å²) in [4.78, 5) is 6.19. The van der Waals surface area contributed by atoms with E-state index >= 15 is 0 Å². The molecule has 0 saturated heterocycles. The number of ether oxygens (including phenoxy) is 1. The molecule has 0 amide bonds. The Labute approximate surface area is 96.5 Å². The molecule has 0 atom stereocenters. The first-order chi connectivity index (χ1) is 7.70. The van der Waals surface area contributed by atoms with E-state index in [1.54, 1.807) is 13.3 Å². The highest BCUT2D eigenvalue weighted by atomic mass is 16.5. The third kappa shape index (κ3) is 2.94. The van der Waals surface area contributed by atoms with Crippen molar-refractivity contribution in [1.82, 2.24) is 4.98 Å². The lowest BCUT2D eigenvalue weighted by Gasteiger charge is -2.28. The highest BCUT2D eigenvalue weighted by Crippen LogP contribution is 2.19. The van der Waals surface area contributed by atoms with Crippen molar-refractivity contribution < 1.29 is 4.74 Å². The molecule has 1 rings (SSSR count). The summed E-state index contributed by atoms with van der Waals surface area (Å²) >= 11 is 0. The molecular formula is C12H17N3O. The van der Waals surface area contributed by atoms with E-state index < -0.39 is 0 Å². The first-order valence-electron chi connectivity index (χ1n) is 5.31. The second-order valence-corrected chi connectivity index (χ2v) is 3.76. The largest absolute Gasteiger partial charge is 0.383 e. The molecule has 0 aliphatic heterocycles. The van der Waals surface area contributed by atoms with Gasteiger partial charge in [0.25, 0.3) is 0 Å². The lowest BCUT2D eigenvalue weighted by molar-refractivity contribution is 0.204. The van der Waals surface area contributed by atoms with Crippen LogP contribution in [0.15, 0.2) is 18.3 Å². The van der Waals surface area contributed by atoms with Crippen LogP contribution < -0.4 is 4.90 Å². The number of anilines is 1. The normalized spacial score (nSPS) is 10.2. The fraction of sp³-hybridized carbons (Fsp3) is 0.500. The van der Waals surface area contributed by atoms with E-state index in [-0.39, 0.29) is 0 Å². The summed E-state index contributed by atoms with van der Waals surface area (Å²) in [6.07, 6.45) is 1.64. The molecule has 86 valence electrons. The van der Waals surface area contributed by atoms with Crippen molar-refractivity contribution in [3.63, 3.8) is 0 Å². The van der Waals surface area contributed by atoms with Crippen molar-refractivity contribution in [2.45, 2.75) is 19.9 Å². The molecular weight excluding hydrogens is 202 g/mol. The number of nitriles is 1. The second kappa shape index (κ2) is 6.09. The predicted octanol–water partition coefficient (Wildman–Crippen LogP) is 1.81. The van der Waals surface area contributed by atoms with Crippen LogP contribution in [0.3, 0.4) is 0 Å². The lowest BCUT2D eigenvalue weighted by atomic mass is 10.2. The number of nitrogens with zero attached hydrogens (tertiary/aromatic N) is 3. The Bertz CT molecular complexity index is 371.